The molecule has 1 N–H and O–H groups in total. The lowest BCUT2D eigenvalue weighted by Gasteiger charge is -2.19. The van der Waals surface area contributed by atoms with Crippen LogP contribution in [0, 0.1) is 0 Å². The molecule has 1 radical (unpaired) electrons. The molecular weight excluding hydrogens is 160 g/mol. The normalized spacial score (nSPS) is 10.7. The minimum absolute atomic E-state index is 0.208. The van der Waals surface area contributed by atoms with E-state index in [0.717, 1.165) is 0 Å². The fourth-order valence-electron chi connectivity index (χ4n) is 0.543. The van der Waals surface area contributed by atoms with Gasteiger partial charge in [-0.3, -0.25) is 0 Å². The molecule has 0 bridgehead atoms. The molecule has 0 atom stereocenters. The van der Waals surface area contributed by atoms with Gasteiger partial charge in [0.05, 0.1) is 0 Å². The molecule has 3 nitrogen and oxygen atoms in total. The Morgan fingerprint density at radius 2 is 2.17 bits per heavy atom. The smallest absolute Gasteiger partial charge is 0.407 e. The van der Waals surface area contributed by atoms with Crippen LogP contribution in [0.25, 0.3) is 0 Å². The number of hydrogen-bond donors (Lipinski definition) is 1. The van der Waals surface area contributed by atoms with Crippen molar-refractivity contribution in [2.45, 2.75) is 32.7 Å². The van der Waals surface area contributed by atoms with Crippen LogP contribution in [0.3, 0.4) is 0 Å². The quantitative estimate of drug-likeness (QED) is 0.520. The second-order valence-corrected chi connectivity index (χ2v) is 3.37. The zero-order valence-electron chi connectivity index (χ0n) is 7.69. The van der Waals surface area contributed by atoms with E-state index in [2.05, 4.69) is 5.32 Å². The topological polar surface area (TPSA) is 38.3 Å². The van der Waals surface area contributed by atoms with Crippen molar-refractivity contribution in [3.8, 4) is 0 Å². The summed E-state index contributed by atoms with van der Waals surface area (Å²) in [5.41, 5.74) is -0.497. The van der Waals surface area contributed by atoms with E-state index >= 15 is 0 Å². The Kier molecular flexibility index (Phi) is 4.70. The van der Waals surface area contributed by atoms with E-state index in [1.54, 1.807) is 20.8 Å². The predicted molar refractivity (Wildman–Crippen MR) is 45.9 cm³/mol. The van der Waals surface area contributed by atoms with Gasteiger partial charge in [0.1, 0.15) is 5.60 Å². The first-order valence-corrected chi connectivity index (χ1v) is 3.84. The second-order valence-electron chi connectivity index (χ2n) is 3.37. The van der Waals surface area contributed by atoms with Gasteiger partial charge in [-0.2, -0.15) is 0 Å². The Labute approximate surface area is 73.0 Å². The molecule has 0 aromatic rings. The van der Waals surface area contributed by atoms with Crippen molar-refractivity contribution in [3.63, 3.8) is 0 Å². The number of carbonyl (C=O) groups is 1. The zero-order valence-corrected chi connectivity index (χ0v) is 7.69. The van der Waals surface area contributed by atoms with Crippen LogP contribution in [-0.2, 0) is 4.74 Å². The van der Waals surface area contributed by atoms with Crippen LogP contribution in [-0.4, -0.2) is 25.8 Å². The predicted octanol–water partition coefficient (Wildman–Crippen LogP) is 1.52. The Morgan fingerprint density at radius 1 is 1.58 bits per heavy atom. The van der Waals surface area contributed by atoms with Gasteiger partial charge in [-0.1, -0.05) is 0 Å². The number of hydrogen-bond acceptors (Lipinski definition) is 2. The third-order valence-electron chi connectivity index (χ3n) is 0.922. The van der Waals surface area contributed by atoms with Crippen molar-refractivity contribution in [2.75, 3.05) is 6.54 Å². The van der Waals surface area contributed by atoms with E-state index in [1.807, 2.05) is 0 Å². The number of ether oxygens (including phenoxy) is 1. The van der Waals surface area contributed by atoms with Gasteiger partial charge in [0.25, 0.3) is 0 Å². The minimum atomic E-state index is -0.510. The number of nitrogens with one attached hydrogen (secondary N) is 1. The highest BCUT2D eigenvalue weighted by Crippen LogP contribution is 2.06. The van der Waals surface area contributed by atoms with Crippen LogP contribution in [0.4, 0.5) is 9.11 Å². The van der Waals surface area contributed by atoms with Crippen molar-refractivity contribution >= 4 is 13.6 Å². The van der Waals surface area contributed by atoms with E-state index in [-0.39, 0.29) is 12.9 Å². The molecule has 0 fully saturated rings. The van der Waals surface area contributed by atoms with Crippen LogP contribution in [0.5, 0.6) is 0 Å². The van der Waals surface area contributed by atoms with Crippen LogP contribution < -0.4 is 5.32 Å². The number of carbonyl (C=O) groups excluding carboxylic acids is 1. The second kappa shape index (κ2) is 5.01. The van der Waals surface area contributed by atoms with Gasteiger partial charge in [-0.25, -0.2) is 4.79 Å². The van der Waals surface area contributed by atoms with Crippen LogP contribution in [0.15, 0.2) is 0 Å². The largest absolute Gasteiger partial charge is 0.444 e. The van der Waals surface area contributed by atoms with Crippen molar-refractivity contribution < 1.29 is 13.8 Å². The SMILES string of the molecule is CC(C)(C)OC(=O)NCC[B]F. The van der Waals surface area contributed by atoms with Gasteiger partial charge < -0.3 is 14.4 Å². The number of halogens is 1. The molecule has 0 saturated heterocycles. The maximum Gasteiger partial charge on any atom is 0.407 e. The summed E-state index contributed by atoms with van der Waals surface area (Å²) in [6.45, 7) is 5.58. The molecule has 5 heteroatoms. The molecule has 0 aromatic heterocycles. The molecule has 12 heavy (non-hydrogen) atoms. The van der Waals surface area contributed by atoms with Gasteiger partial charge in [0, 0.05) is 6.54 Å². The van der Waals surface area contributed by atoms with E-state index in [0.29, 0.717) is 7.56 Å². The Balaban J connectivity index is 3.47. The lowest BCUT2D eigenvalue weighted by molar-refractivity contribution is 0.0531. The molecule has 0 aromatic carbocycles. The molecule has 0 spiro atoms. The van der Waals surface area contributed by atoms with Gasteiger partial charge in [0.15, 0.2) is 0 Å². The zero-order chi connectivity index (χ0) is 9.61. The highest BCUT2D eigenvalue weighted by atomic mass is 19.1. The molecular formula is C7H14BFNO2. The summed E-state index contributed by atoms with van der Waals surface area (Å²) in [6, 6.07) is 0. The first-order valence-electron chi connectivity index (χ1n) is 3.84. The molecule has 0 aliphatic carbocycles. The highest BCUT2D eigenvalue weighted by molar-refractivity contribution is 6.26. The Hall–Kier alpha value is -0.735. The summed E-state index contributed by atoms with van der Waals surface area (Å²) in [7, 11) is 0.497. The Bertz CT molecular complexity index is 147. The van der Waals surface area contributed by atoms with E-state index in [1.165, 1.54) is 0 Å². The third kappa shape index (κ3) is 7.37. The molecule has 0 saturated carbocycles. The van der Waals surface area contributed by atoms with Crippen molar-refractivity contribution in [2.24, 2.45) is 0 Å². The maximum atomic E-state index is 11.5. The molecule has 0 rings (SSSR count). The average molecular weight is 174 g/mol. The monoisotopic (exact) mass is 174 g/mol. The molecule has 69 valence electrons. The Morgan fingerprint density at radius 3 is 2.58 bits per heavy atom. The van der Waals surface area contributed by atoms with Crippen LogP contribution in [0.1, 0.15) is 20.8 Å². The maximum absolute atomic E-state index is 11.5. The molecule has 0 heterocycles. The van der Waals surface area contributed by atoms with E-state index < -0.39 is 11.7 Å². The molecule has 1 amide bonds. The summed E-state index contributed by atoms with van der Waals surface area (Å²) in [6.07, 6.45) is -0.302. The number of alkyl carbamates (subject to hydrolysis) is 1. The first-order chi connectivity index (χ1) is 5.45. The van der Waals surface area contributed by atoms with Crippen molar-refractivity contribution in [1.29, 1.82) is 0 Å². The van der Waals surface area contributed by atoms with E-state index in [9.17, 15) is 9.11 Å². The summed E-state index contributed by atoms with van der Waals surface area (Å²) < 4.78 is 16.4. The third-order valence-corrected chi connectivity index (χ3v) is 0.922. The van der Waals surface area contributed by atoms with Crippen LogP contribution >= 0.6 is 0 Å². The highest BCUT2D eigenvalue weighted by Gasteiger charge is 2.15. The minimum Gasteiger partial charge on any atom is -0.444 e. The average Bonchev–Trinajstić information content (AvgIpc) is 1.84. The fourth-order valence-corrected chi connectivity index (χ4v) is 0.543. The van der Waals surface area contributed by atoms with E-state index in [4.69, 9.17) is 4.74 Å². The van der Waals surface area contributed by atoms with Gasteiger partial charge in [-0.05, 0) is 27.1 Å². The standard InChI is InChI=1S/C7H14BFNO2/c1-7(2,3)12-6(11)10-5-4-8-9/h4-5H2,1-3H3,(H,10,11). The summed E-state index contributed by atoms with van der Waals surface area (Å²) in [5, 5.41) is 2.41. The van der Waals surface area contributed by atoms with Crippen molar-refractivity contribution in [1.82, 2.24) is 5.32 Å². The summed E-state index contributed by atoms with van der Waals surface area (Å²) in [4.78, 5) is 10.9. The molecule has 0 aliphatic heterocycles. The van der Waals surface area contributed by atoms with Gasteiger partial charge in [0.2, 0.25) is 0 Å². The van der Waals surface area contributed by atoms with Gasteiger partial charge >= 0.3 is 13.6 Å². The summed E-state index contributed by atoms with van der Waals surface area (Å²) in [5.74, 6) is 0. The first kappa shape index (κ1) is 11.3. The summed E-state index contributed by atoms with van der Waals surface area (Å²) >= 11 is 0. The van der Waals surface area contributed by atoms with Crippen LogP contribution in [0.2, 0.25) is 6.32 Å². The van der Waals surface area contributed by atoms with Crippen molar-refractivity contribution in [3.05, 3.63) is 0 Å². The molecule has 0 unspecified atom stereocenters. The lowest BCUT2D eigenvalue weighted by Crippen LogP contribution is -2.33. The van der Waals surface area contributed by atoms with Gasteiger partial charge in [-0.15, -0.1) is 0 Å². The number of rotatable bonds is 3. The molecule has 0 aliphatic rings. The lowest BCUT2D eigenvalue weighted by atomic mass is 10.0. The fraction of sp³-hybridized carbons (Fsp3) is 0.857. The number of amides is 1.